The van der Waals surface area contributed by atoms with Crippen LogP contribution in [0.4, 0.5) is 0 Å². The first-order valence-corrected chi connectivity index (χ1v) is 10.6. The maximum Gasteiger partial charge on any atom is 0.257 e. The number of hydrogen-bond acceptors (Lipinski definition) is 3. The number of carbonyl (C=O) groups is 2. The Bertz CT molecular complexity index is 762. The zero-order valence-electron chi connectivity index (χ0n) is 18.3. The number of allylic oxidation sites excluding steroid dienone is 4. The Morgan fingerprint density at radius 2 is 2.00 bits per heavy atom. The van der Waals surface area contributed by atoms with Gasteiger partial charge in [-0.3, -0.25) is 9.59 Å². The summed E-state index contributed by atoms with van der Waals surface area (Å²) in [6.45, 7) is 12.7. The number of methoxy groups -OCH3 is 1. The average Bonchev–Trinajstić information content (AvgIpc) is 2.94. The van der Waals surface area contributed by atoms with Crippen molar-refractivity contribution in [1.29, 1.82) is 0 Å². The molecule has 0 radical (unpaired) electrons. The van der Waals surface area contributed by atoms with E-state index in [1.54, 1.807) is 20.1 Å². The number of amides is 1. The Morgan fingerprint density at radius 1 is 1.32 bits per heavy atom. The van der Waals surface area contributed by atoms with Crippen LogP contribution in [0.15, 0.2) is 34.9 Å². The van der Waals surface area contributed by atoms with Gasteiger partial charge in [-0.25, -0.2) is 0 Å². The van der Waals surface area contributed by atoms with Gasteiger partial charge < -0.3 is 10.1 Å². The fourth-order valence-electron chi connectivity index (χ4n) is 5.97. The SMILES string of the molecule is C/C=C(\C)[C@@H]1C(C)=C[C@@H]2C[C@H](C)C[C@H](C)[C@@H]2[C@@H]1C(=O)C1=C[C@@](C)(OC)NC1=O. The normalized spacial score (nSPS) is 41.1. The zero-order chi connectivity index (χ0) is 20.8. The Balaban J connectivity index is 2.08. The van der Waals surface area contributed by atoms with E-state index < -0.39 is 5.72 Å². The van der Waals surface area contributed by atoms with Crippen molar-refractivity contribution >= 4 is 11.7 Å². The molecule has 2 aliphatic carbocycles. The van der Waals surface area contributed by atoms with Crippen molar-refractivity contribution in [3.8, 4) is 0 Å². The van der Waals surface area contributed by atoms with E-state index in [2.05, 4.69) is 45.2 Å². The molecule has 0 unspecified atom stereocenters. The first-order chi connectivity index (χ1) is 13.1. The highest BCUT2D eigenvalue weighted by molar-refractivity contribution is 6.22. The van der Waals surface area contributed by atoms with E-state index in [1.165, 1.54) is 11.1 Å². The summed E-state index contributed by atoms with van der Waals surface area (Å²) in [4.78, 5) is 26.5. The number of hydrogen-bond donors (Lipinski definition) is 1. The summed E-state index contributed by atoms with van der Waals surface area (Å²) in [5, 5.41) is 2.81. The largest absolute Gasteiger partial charge is 0.356 e. The minimum atomic E-state index is -0.904. The number of ketones is 1. The van der Waals surface area contributed by atoms with E-state index in [9.17, 15) is 9.59 Å². The van der Waals surface area contributed by atoms with Gasteiger partial charge in [0, 0.05) is 18.9 Å². The lowest BCUT2D eigenvalue weighted by Crippen LogP contribution is -2.46. The fraction of sp³-hybridized carbons (Fsp3) is 0.667. The smallest absolute Gasteiger partial charge is 0.257 e. The molecule has 0 aromatic rings. The summed E-state index contributed by atoms with van der Waals surface area (Å²) in [6.07, 6.45) is 8.47. The van der Waals surface area contributed by atoms with Crippen molar-refractivity contribution in [2.24, 2.45) is 35.5 Å². The molecule has 0 saturated heterocycles. The molecule has 3 rings (SSSR count). The quantitative estimate of drug-likeness (QED) is 0.575. The Labute approximate surface area is 169 Å². The molecule has 0 aromatic carbocycles. The second-order valence-electron chi connectivity index (χ2n) is 9.43. The predicted molar refractivity (Wildman–Crippen MR) is 111 cm³/mol. The molecular formula is C24H35NO3. The molecule has 0 spiro atoms. The van der Waals surface area contributed by atoms with Crippen molar-refractivity contribution < 1.29 is 14.3 Å². The van der Waals surface area contributed by atoms with E-state index in [0.717, 1.165) is 12.8 Å². The van der Waals surface area contributed by atoms with Gasteiger partial charge in [0.2, 0.25) is 0 Å². The highest BCUT2D eigenvalue weighted by Gasteiger charge is 2.50. The van der Waals surface area contributed by atoms with Gasteiger partial charge in [-0.1, -0.05) is 37.1 Å². The molecule has 1 fully saturated rings. The fourth-order valence-corrected chi connectivity index (χ4v) is 5.97. The monoisotopic (exact) mass is 385 g/mol. The van der Waals surface area contributed by atoms with Crippen molar-refractivity contribution in [1.82, 2.24) is 5.32 Å². The summed E-state index contributed by atoms with van der Waals surface area (Å²) in [5.74, 6) is 1.35. The lowest BCUT2D eigenvalue weighted by atomic mass is 9.55. The molecule has 1 heterocycles. The number of rotatable bonds is 4. The Hall–Kier alpha value is -1.68. The maximum atomic E-state index is 13.8. The first-order valence-electron chi connectivity index (χ1n) is 10.6. The number of carbonyl (C=O) groups excluding carboxylic acids is 2. The van der Waals surface area contributed by atoms with Gasteiger partial charge in [-0.05, 0) is 70.3 Å². The van der Waals surface area contributed by atoms with Gasteiger partial charge in [-0.15, -0.1) is 0 Å². The van der Waals surface area contributed by atoms with Gasteiger partial charge in [0.15, 0.2) is 11.5 Å². The van der Waals surface area contributed by atoms with Crippen LogP contribution in [0.3, 0.4) is 0 Å². The summed E-state index contributed by atoms with van der Waals surface area (Å²) in [7, 11) is 1.55. The number of fused-ring (bicyclic) bond motifs is 1. The molecule has 4 heteroatoms. The molecule has 1 saturated carbocycles. The number of Topliss-reactive ketones (excluding diaryl/α,β-unsaturated/α-hetero) is 1. The highest BCUT2D eigenvalue weighted by Crippen LogP contribution is 2.52. The van der Waals surface area contributed by atoms with Crippen LogP contribution in [0.2, 0.25) is 0 Å². The minimum Gasteiger partial charge on any atom is -0.356 e. The van der Waals surface area contributed by atoms with Crippen molar-refractivity contribution in [3.05, 3.63) is 34.9 Å². The number of ether oxygens (including phenoxy) is 1. The van der Waals surface area contributed by atoms with E-state index in [-0.39, 0.29) is 35.0 Å². The van der Waals surface area contributed by atoms with Crippen LogP contribution in [0, 0.1) is 35.5 Å². The third-order valence-electron chi connectivity index (χ3n) is 7.31. The van der Waals surface area contributed by atoms with Crippen molar-refractivity contribution in [3.63, 3.8) is 0 Å². The second-order valence-corrected chi connectivity index (χ2v) is 9.43. The maximum absolute atomic E-state index is 13.8. The van der Waals surface area contributed by atoms with Crippen molar-refractivity contribution in [2.75, 3.05) is 7.11 Å². The van der Waals surface area contributed by atoms with Crippen LogP contribution in [0.25, 0.3) is 0 Å². The van der Waals surface area contributed by atoms with Crippen LogP contribution in [-0.2, 0) is 14.3 Å². The molecule has 0 bridgehead atoms. The van der Waals surface area contributed by atoms with Gasteiger partial charge in [0.1, 0.15) is 0 Å². The van der Waals surface area contributed by atoms with Crippen LogP contribution >= 0.6 is 0 Å². The molecule has 1 aliphatic heterocycles. The van der Waals surface area contributed by atoms with Crippen LogP contribution in [-0.4, -0.2) is 24.5 Å². The molecule has 1 N–H and O–H groups in total. The molecule has 4 nitrogen and oxygen atoms in total. The van der Waals surface area contributed by atoms with E-state index >= 15 is 0 Å². The molecule has 3 aliphatic rings. The Morgan fingerprint density at radius 3 is 2.57 bits per heavy atom. The lowest BCUT2D eigenvalue weighted by Gasteiger charge is -2.48. The van der Waals surface area contributed by atoms with E-state index in [4.69, 9.17) is 4.74 Å². The van der Waals surface area contributed by atoms with Gasteiger partial charge in [-0.2, -0.15) is 0 Å². The molecule has 7 atom stereocenters. The standard InChI is InChI=1S/C24H35NO3/c1-8-14(3)19-16(5)11-17-10-13(2)9-15(4)20(17)21(19)22(26)18-12-24(6,28-7)25-23(18)27/h8,11-13,15,17,19-21H,9-10H2,1-7H3,(H,25,27)/b14-8+/t13-,15+,17+,19-,20+,21-,24-/m1/s1. The molecule has 1 amide bonds. The molecule has 154 valence electrons. The average molecular weight is 386 g/mol. The van der Waals surface area contributed by atoms with Crippen LogP contribution < -0.4 is 5.32 Å². The minimum absolute atomic E-state index is 0.0201. The van der Waals surface area contributed by atoms with Crippen molar-refractivity contribution in [2.45, 2.75) is 60.1 Å². The predicted octanol–water partition coefficient (Wildman–Crippen LogP) is 4.43. The van der Waals surface area contributed by atoms with Crippen LogP contribution in [0.1, 0.15) is 54.4 Å². The molecule has 28 heavy (non-hydrogen) atoms. The molecule has 0 aromatic heterocycles. The molecular weight excluding hydrogens is 350 g/mol. The Kier molecular flexibility index (Phi) is 5.73. The highest BCUT2D eigenvalue weighted by atomic mass is 16.5. The third-order valence-corrected chi connectivity index (χ3v) is 7.31. The van der Waals surface area contributed by atoms with Gasteiger partial charge in [0.25, 0.3) is 5.91 Å². The first kappa shape index (κ1) is 21.0. The van der Waals surface area contributed by atoms with Gasteiger partial charge in [0.05, 0.1) is 5.57 Å². The summed E-state index contributed by atoms with van der Waals surface area (Å²) < 4.78 is 5.41. The van der Waals surface area contributed by atoms with Crippen LogP contribution in [0.5, 0.6) is 0 Å². The summed E-state index contributed by atoms with van der Waals surface area (Å²) in [6, 6.07) is 0. The topological polar surface area (TPSA) is 55.4 Å². The lowest BCUT2D eigenvalue weighted by molar-refractivity contribution is -0.128. The van der Waals surface area contributed by atoms with Gasteiger partial charge >= 0.3 is 0 Å². The second kappa shape index (κ2) is 7.62. The third kappa shape index (κ3) is 3.52. The van der Waals surface area contributed by atoms with E-state index in [1.807, 2.05) is 6.92 Å². The summed E-state index contributed by atoms with van der Waals surface area (Å²) >= 11 is 0. The zero-order valence-corrected chi connectivity index (χ0v) is 18.3. The summed E-state index contributed by atoms with van der Waals surface area (Å²) in [5.41, 5.74) is 1.84. The van der Waals surface area contributed by atoms with E-state index in [0.29, 0.717) is 17.8 Å². The number of nitrogens with one attached hydrogen (secondary N) is 1.